The van der Waals surface area contributed by atoms with E-state index in [4.69, 9.17) is 72.5 Å². The second kappa shape index (κ2) is 19.3. The number of ether oxygens (including phenoxy) is 2. The zero-order valence-electron chi connectivity index (χ0n) is 27.1. The molecule has 4 aromatic carbocycles. The molecular weight excluding hydrogens is 780 g/mol. The molecule has 0 saturated heterocycles. The summed E-state index contributed by atoms with van der Waals surface area (Å²) >= 11 is 24.0. The van der Waals surface area contributed by atoms with Crippen LogP contribution in [0.1, 0.15) is 41.9 Å². The summed E-state index contributed by atoms with van der Waals surface area (Å²) in [5.74, 6) is -1.13. The van der Waals surface area contributed by atoms with Gasteiger partial charge >= 0.3 is 5.97 Å². The zero-order valence-corrected chi connectivity index (χ0v) is 30.2. The number of nitrogens with zero attached hydrogens (tertiary/aromatic N) is 2. The molecule has 2 heterocycles. The number of pyridine rings is 2. The normalized spacial score (nSPS) is 10.3. The molecular formula is C40H36Cl4F2N4O4. The molecule has 0 fully saturated rings. The number of aromatic nitrogens is 2. The van der Waals surface area contributed by atoms with Gasteiger partial charge in [0.05, 0.1) is 15.6 Å². The quantitative estimate of drug-likeness (QED) is 0.123. The van der Waals surface area contributed by atoms with E-state index >= 15 is 0 Å². The van der Waals surface area contributed by atoms with Crippen molar-refractivity contribution in [2.24, 2.45) is 0 Å². The van der Waals surface area contributed by atoms with Gasteiger partial charge in [-0.2, -0.15) is 0 Å². The van der Waals surface area contributed by atoms with Crippen molar-refractivity contribution >= 4 is 64.0 Å². The van der Waals surface area contributed by atoms with Crippen LogP contribution in [-0.2, 0) is 13.2 Å². The Morgan fingerprint density at radius 3 is 1.43 bits per heavy atom. The minimum atomic E-state index is -1.01. The van der Waals surface area contributed by atoms with Gasteiger partial charge in [-0.05, 0) is 66.6 Å². The first-order valence-corrected chi connectivity index (χ1v) is 16.8. The Labute approximate surface area is 332 Å². The van der Waals surface area contributed by atoms with E-state index in [1.165, 1.54) is 42.0 Å². The van der Waals surface area contributed by atoms with E-state index in [0.717, 1.165) is 16.7 Å². The molecule has 0 aliphatic carbocycles. The lowest BCUT2D eigenvalue weighted by molar-refractivity contribution is 0.0697. The molecule has 0 amide bonds. The number of carbonyl (C=O) groups is 1. The van der Waals surface area contributed by atoms with E-state index < -0.39 is 17.6 Å². The fraction of sp³-hybridized carbons (Fsp3) is 0.125. The van der Waals surface area contributed by atoms with Crippen molar-refractivity contribution in [3.05, 3.63) is 151 Å². The van der Waals surface area contributed by atoms with Gasteiger partial charge in [0.25, 0.3) is 0 Å². The lowest BCUT2D eigenvalue weighted by Crippen LogP contribution is -2.03. The highest BCUT2D eigenvalue weighted by molar-refractivity contribution is 6.36. The average Bonchev–Trinajstić information content (AvgIpc) is 3.13. The minimum absolute atomic E-state index is 0. The first-order chi connectivity index (χ1) is 24.8. The van der Waals surface area contributed by atoms with Crippen LogP contribution in [-0.4, -0.2) is 21.0 Å². The topological polar surface area (TPSA) is 134 Å². The number of benzene rings is 4. The number of aromatic carboxylic acids is 1. The van der Waals surface area contributed by atoms with Crippen molar-refractivity contribution in [3.8, 4) is 33.8 Å². The van der Waals surface area contributed by atoms with Gasteiger partial charge in [-0.25, -0.2) is 23.5 Å². The van der Waals surface area contributed by atoms with Crippen LogP contribution in [0.15, 0.2) is 97.3 Å². The van der Waals surface area contributed by atoms with Gasteiger partial charge in [0.15, 0.2) is 23.1 Å². The third-order valence-electron chi connectivity index (χ3n) is 7.64. The summed E-state index contributed by atoms with van der Waals surface area (Å²) in [5, 5.41) is 9.39. The number of carboxylic acid groups (broad SMARTS) is 1. The van der Waals surface area contributed by atoms with Gasteiger partial charge < -0.3 is 26.0 Å². The van der Waals surface area contributed by atoms with Crippen molar-refractivity contribution in [1.29, 1.82) is 0 Å². The summed E-state index contributed by atoms with van der Waals surface area (Å²) in [7, 11) is 0. The minimum Gasteiger partial charge on any atom is -0.485 e. The summed E-state index contributed by atoms with van der Waals surface area (Å²) < 4.78 is 38.6. The van der Waals surface area contributed by atoms with E-state index in [9.17, 15) is 13.6 Å². The Hall–Kier alpha value is -5.13. The predicted molar refractivity (Wildman–Crippen MR) is 215 cm³/mol. The summed E-state index contributed by atoms with van der Waals surface area (Å²) in [5.41, 5.74) is 17.0. The van der Waals surface area contributed by atoms with Crippen molar-refractivity contribution < 1.29 is 28.2 Å². The monoisotopic (exact) mass is 814 g/mol. The van der Waals surface area contributed by atoms with Crippen LogP contribution >= 0.6 is 46.4 Å². The van der Waals surface area contributed by atoms with Gasteiger partial charge in [0, 0.05) is 44.7 Å². The first-order valence-electron chi connectivity index (χ1n) is 15.2. The van der Waals surface area contributed by atoms with E-state index in [1.54, 1.807) is 36.7 Å². The van der Waals surface area contributed by atoms with E-state index in [1.807, 2.05) is 31.2 Å². The summed E-state index contributed by atoms with van der Waals surface area (Å²) in [4.78, 5) is 19.2. The SMILES string of the molecule is C.C.Cc1ccc(-c2cnc(N)c(OCc3c(Cl)ccc(F)c3Cl)c2)cc1.Nc1ncc(-c2ccc(C(=O)O)cc2)cc1OCc1c(Cl)ccc(F)c1Cl. The number of carboxylic acids is 1. The molecule has 0 radical (unpaired) electrons. The number of hydrogen-bond donors (Lipinski definition) is 3. The standard InChI is InChI=1S/C19H13Cl2FN2O3.C19H15Cl2FN2O.2CH4/c20-14-5-6-15(22)17(21)13(14)9-27-16-7-12(8-24-18(16)23)10-1-3-11(4-2-10)19(25)26;1-11-2-4-12(5-3-11)13-8-17(19(23)24-9-13)25-10-14-15(20)6-7-16(22)18(14)21;;/h1-8H,9H2,(H2,23,24)(H,25,26);2-9H,10H2,1H3,(H2,23,24);2*1H4. The fourth-order valence-electron chi connectivity index (χ4n) is 4.71. The van der Waals surface area contributed by atoms with E-state index in [-0.39, 0.29) is 66.1 Å². The lowest BCUT2D eigenvalue weighted by atomic mass is 10.1. The number of aryl methyl sites for hydroxylation is 1. The number of nitrogen functional groups attached to an aromatic ring is 2. The van der Waals surface area contributed by atoms with E-state index in [0.29, 0.717) is 27.5 Å². The number of hydrogen-bond acceptors (Lipinski definition) is 7. The molecule has 0 atom stereocenters. The molecule has 6 aromatic rings. The van der Waals surface area contributed by atoms with Gasteiger partial charge in [-0.15, -0.1) is 0 Å². The molecule has 0 bridgehead atoms. The summed E-state index contributed by atoms with van der Waals surface area (Å²) in [6.07, 6.45) is 3.22. The third-order valence-corrected chi connectivity index (χ3v) is 9.16. The van der Waals surface area contributed by atoms with Crippen LogP contribution in [0, 0.1) is 18.6 Å². The second-order valence-corrected chi connectivity index (χ2v) is 12.8. The predicted octanol–water partition coefficient (Wildman–Crippen LogP) is 12.0. The van der Waals surface area contributed by atoms with Crippen molar-refractivity contribution in [1.82, 2.24) is 9.97 Å². The van der Waals surface area contributed by atoms with Crippen LogP contribution in [0.2, 0.25) is 20.1 Å². The van der Waals surface area contributed by atoms with Crippen molar-refractivity contribution in [2.75, 3.05) is 11.5 Å². The number of halogens is 6. The average molecular weight is 817 g/mol. The molecule has 14 heteroatoms. The van der Waals surface area contributed by atoms with E-state index in [2.05, 4.69) is 9.97 Å². The maximum atomic E-state index is 13.6. The van der Waals surface area contributed by atoms with Crippen molar-refractivity contribution in [2.45, 2.75) is 35.0 Å². The maximum absolute atomic E-state index is 13.6. The van der Waals surface area contributed by atoms with Crippen LogP contribution in [0.3, 0.4) is 0 Å². The number of anilines is 2. The Kier molecular flexibility index (Phi) is 15.4. The van der Waals surface area contributed by atoms with Gasteiger partial charge in [-0.1, -0.05) is 103 Å². The molecule has 282 valence electrons. The smallest absolute Gasteiger partial charge is 0.335 e. The Balaban J connectivity index is 0.000000281. The second-order valence-electron chi connectivity index (χ2n) is 11.2. The molecule has 0 aliphatic rings. The lowest BCUT2D eigenvalue weighted by Gasteiger charge is -2.12. The molecule has 54 heavy (non-hydrogen) atoms. The Morgan fingerprint density at radius 2 is 1.04 bits per heavy atom. The maximum Gasteiger partial charge on any atom is 0.335 e. The van der Waals surface area contributed by atoms with Crippen LogP contribution in [0.25, 0.3) is 22.3 Å². The summed E-state index contributed by atoms with van der Waals surface area (Å²) in [6.45, 7) is 1.91. The molecule has 8 nitrogen and oxygen atoms in total. The highest BCUT2D eigenvalue weighted by Crippen LogP contribution is 2.33. The molecule has 0 unspecified atom stereocenters. The molecule has 0 spiro atoms. The highest BCUT2D eigenvalue weighted by Gasteiger charge is 2.15. The number of rotatable bonds is 9. The van der Waals surface area contributed by atoms with Gasteiger partial charge in [0.2, 0.25) is 0 Å². The van der Waals surface area contributed by atoms with Crippen molar-refractivity contribution in [3.63, 3.8) is 0 Å². The molecule has 0 saturated carbocycles. The largest absolute Gasteiger partial charge is 0.485 e. The Bertz CT molecular complexity index is 2240. The summed E-state index contributed by atoms with van der Waals surface area (Å²) in [6, 6.07) is 22.9. The van der Waals surface area contributed by atoms with Crippen LogP contribution in [0.5, 0.6) is 11.5 Å². The molecule has 0 aliphatic heterocycles. The highest BCUT2D eigenvalue weighted by atomic mass is 35.5. The Morgan fingerprint density at radius 1 is 0.648 bits per heavy atom. The first kappa shape index (κ1) is 43.3. The van der Waals surface area contributed by atoms with Crippen LogP contribution in [0.4, 0.5) is 20.4 Å². The van der Waals surface area contributed by atoms with Crippen LogP contribution < -0.4 is 20.9 Å². The third kappa shape index (κ3) is 10.5. The molecule has 5 N–H and O–H groups in total. The van der Waals surface area contributed by atoms with Gasteiger partial charge in [0.1, 0.15) is 24.8 Å². The number of nitrogens with two attached hydrogens (primary N) is 2. The zero-order chi connectivity index (χ0) is 37.5. The van der Waals surface area contributed by atoms with Gasteiger partial charge in [-0.3, -0.25) is 0 Å². The molecule has 2 aromatic heterocycles. The fourth-order valence-corrected chi connectivity index (χ4v) is 5.67. The molecule has 6 rings (SSSR count).